The van der Waals surface area contributed by atoms with Crippen LogP contribution < -0.4 is 5.32 Å². The zero-order valence-electron chi connectivity index (χ0n) is 17.1. The van der Waals surface area contributed by atoms with Crippen LogP contribution in [0.3, 0.4) is 0 Å². The number of benzene rings is 1. The number of nitrogens with one attached hydrogen (secondary N) is 1. The van der Waals surface area contributed by atoms with Gasteiger partial charge in [-0.15, -0.1) is 0 Å². The van der Waals surface area contributed by atoms with E-state index >= 15 is 0 Å². The molecule has 7 nitrogen and oxygen atoms in total. The van der Waals surface area contributed by atoms with E-state index in [0.29, 0.717) is 0 Å². The molecule has 3 aliphatic rings. The molecular formula is C23H26N2O5. The van der Waals surface area contributed by atoms with E-state index in [1.807, 2.05) is 42.5 Å². The maximum Gasteiger partial charge on any atom is 0.308 e. The second-order valence-corrected chi connectivity index (χ2v) is 8.54. The van der Waals surface area contributed by atoms with Gasteiger partial charge in [0.15, 0.2) is 0 Å². The van der Waals surface area contributed by atoms with Crippen molar-refractivity contribution in [3.63, 3.8) is 0 Å². The van der Waals surface area contributed by atoms with Gasteiger partial charge in [0.05, 0.1) is 30.4 Å². The Morgan fingerprint density at radius 3 is 2.23 bits per heavy atom. The van der Waals surface area contributed by atoms with E-state index in [0.717, 1.165) is 16.9 Å². The minimum atomic E-state index is -0.602. The van der Waals surface area contributed by atoms with Gasteiger partial charge in [0, 0.05) is 0 Å². The molecule has 3 amide bonds. The number of allylic oxidation sites excluding steroid dienone is 2. The molecule has 1 saturated heterocycles. The number of carbonyl (C=O) groups excluding carboxylic acids is 4. The molecule has 4 rings (SSSR count). The Morgan fingerprint density at radius 1 is 1.07 bits per heavy atom. The van der Waals surface area contributed by atoms with Gasteiger partial charge >= 0.3 is 5.97 Å². The molecule has 7 heteroatoms. The highest BCUT2D eigenvalue weighted by molar-refractivity contribution is 6.08. The van der Waals surface area contributed by atoms with Crippen LogP contribution in [0.2, 0.25) is 0 Å². The average Bonchev–Trinajstić information content (AvgIpc) is 3.38. The van der Waals surface area contributed by atoms with Crippen LogP contribution in [0.1, 0.15) is 38.3 Å². The summed E-state index contributed by atoms with van der Waals surface area (Å²) in [6, 6.07) is 8.51. The molecule has 0 spiro atoms. The van der Waals surface area contributed by atoms with Gasteiger partial charge < -0.3 is 10.1 Å². The zero-order chi connectivity index (χ0) is 21.4. The molecule has 1 aromatic carbocycles. The molecule has 1 heterocycles. The number of hydrogen-bond donors (Lipinski definition) is 1. The van der Waals surface area contributed by atoms with Crippen LogP contribution in [0.25, 0.3) is 0 Å². The molecule has 5 unspecified atom stereocenters. The standard InChI is InChI=1S/C23H26N2O5/c1-13(2)30-19(27)11-17(14-6-4-3-5-7-14)24-18(26)12-25-22(28)20-15-8-9-16(10-15)21(20)23(25)29/h3-9,13,15-17,20-21H,10-12H2,1-2H3,(H,24,26). The molecule has 0 aromatic heterocycles. The molecule has 0 radical (unpaired) electrons. The second kappa shape index (κ2) is 8.05. The van der Waals surface area contributed by atoms with Gasteiger partial charge in [0.25, 0.3) is 0 Å². The van der Waals surface area contributed by atoms with Gasteiger partial charge in [-0.3, -0.25) is 24.1 Å². The summed E-state index contributed by atoms with van der Waals surface area (Å²) in [7, 11) is 0. The van der Waals surface area contributed by atoms with Crippen molar-refractivity contribution in [2.45, 2.75) is 38.8 Å². The van der Waals surface area contributed by atoms with Crippen LogP contribution in [-0.4, -0.2) is 41.2 Å². The molecule has 158 valence electrons. The van der Waals surface area contributed by atoms with Gasteiger partial charge in [0.2, 0.25) is 17.7 Å². The number of hydrogen-bond acceptors (Lipinski definition) is 5. The maximum atomic E-state index is 12.8. The smallest absolute Gasteiger partial charge is 0.308 e. The normalized spacial score (nSPS) is 27.5. The Balaban J connectivity index is 1.43. The summed E-state index contributed by atoms with van der Waals surface area (Å²) < 4.78 is 5.22. The summed E-state index contributed by atoms with van der Waals surface area (Å²) in [5.74, 6) is -1.86. The first-order valence-electron chi connectivity index (χ1n) is 10.4. The molecule has 2 aliphatic carbocycles. The summed E-state index contributed by atoms with van der Waals surface area (Å²) in [4.78, 5) is 51.6. The fourth-order valence-corrected chi connectivity index (χ4v) is 4.92. The number of esters is 1. The highest BCUT2D eigenvalue weighted by Crippen LogP contribution is 2.52. The third kappa shape index (κ3) is 3.76. The predicted octanol–water partition coefficient (Wildman–Crippen LogP) is 1.99. The number of fused-ring (bicyclic) bond motifs is 5. The van der Waals surface area contributed by atoms with Crippen molar-refractivity contribution in [2.75, 3.05) is 6.54 Å². The van der Waals surface area contributed by atoms with Crippen molar-refractivity contribution in [2.24, 2.45) is 23.7 Å². The number of carbonyl (C=O) groups is 4. The summed E-state index contributed by atoms with van der Waals surface area (Å²) in [6.45, 7) is 3.20. The number of imide groups is 1. The summed E-state index contributed by atoms with van der Waals surface area (Å²) in [5.41, 5.74) is 0.754. The Hall–Kier alpha value is -2.96. The lowest BCUT2D eigenvalue weighted by Gasteiger charge is -2.22. The quantitative estimate of drug-likeness (QED) is 0.422. The van der Waals surface area contributed by atoms with Crippen molar-refractivity contribution in [3.8, 4) is 0 Å². The Kier molecular flexibility index (Phi) is 5.45. The summed E-state index contributed by atoms with van der Waals surface area (Å²) in [6.07, 6.45) is 4.60. The largest absolute Gasteiger partial charge is 0.463 e. The van der Waals surface area contributed by atoms with E-state index in [2.05, 4.69) is 5.32 Å². The molecule has 1 N–H and O–H groups in total. The van der Waals surface area contributed by atoms with Crippen molar-refractivity contribution in [1.82, 2.24) is 10.2 Å². The van der Waals surface area contributed by atoms with Gasteiger partial charge in [-0.05, 0) is 37.7 Å². The van der Waals surface area contributed by atoms with Crippen molar-refractivity contribution in [1.29, 1.82) is 0 Å². The lowest BCUT2D eigenvalue weighted by atomic mass is 9.85. The van der Waals surface area contributed by atoms with E-state index in [1.54, 1.807) is 13.8 Å². The van der Waals surface area contributed by atoms with Crippen LogP contribution in [-0.2, 0) is 23.9 Å². The Labute approximate surface area is 175 Å². The Bertz CT molecular complexity index is 864. The van der Waals surface area contributed by atoms with Gasteiger partial charge in [-0.25, -0.2) is 0 Å². The maximum absolute atomic E-state index is 12.8. The van der Waals surface area contributed by atoms with E-state index in [4.69, 9.17) is 4.74 Å². The third-order valence-corrected chi connectivity index (χ3v) is 6.14. The van der Waals surface area contributed by atoms with Crippen molar-refractivity contribution >= 4 is 23.7 Å². The van der Waals surface area contributed by atoms with E-state index in [-0.39, 0.29) is 54.6 Å². The molecular weight excluding hydrogens is 384 g/mol. The van der Waals surface area contributed by atoms with Crippen LogP contribution in [0.5, 0.6) is 0 Å². The first-order chi connectivity index (χ1) is 14.3. The lowest BCUT2D eigenvalue weighted by molar-refractivity contribution is -0.149. The van der Waals surface area contributed by atoms with E-state index in [1.165, 1.54) is 0 Å². The first kappa shape index (κ1) is 20.3. The fourth-order valence-electron chi connectivity index (χ4n) is 4.92. The van der Waals surface area contributed by atoms with Gasteiger partial charge in [0.1, 0.15) is 6.54 Å². The first-order valence-corrected chi connectivity index (χ1v) is 10.4. The molecule has 2 bridgehead atoms. The minimum absolute atomic E-state index is 0.0326. The molecule has 5 atom stereocenters. The molecule has 1 saturated carbocycles. The number of likely N-dealkylation sites (tertiary alicyclic amines) is 1. The zero-order valence-corrected chi connectivity index (χ0v) is 17.1. The van der Waals surface area contributed by atoms with E-state index in [9.17, 15) is 19.2 Å². The van der Waals surface area contributed by atoms with Crippen LogP contribution in [0.15, 0.2) is 42.5 Å². The highest BCUT2D eigenvalue weighted by Gasteiger charge is 2.59. The average molecular weight is 410 g/mol. The Morgan fingerprint density at radius 2 is 1.67 bits per heavy atom. The number of rotatable bonds is 7. The molecule has 2 fully saturated rings. The van der Waals surface area contributed by atoms with Crippen LogP contribution in [0.4, 0.5) is 0 Å². The third-order valence-electron chi connectivity index (χ3n) is 6.14. The van der Waals surface area contributed by atoms with Crippen LogP contribution in [0, 0.1) is 23.7 Å². The fraction of sp³-hybridized carbons (Fsp3) is 0.478. The molecule has 1 aliphatic heterocycles. The summed E-state index contributed by atoms with van der Waals surface area (Å²) in [5, 5.41) is 2.81. The number of amides is 3. The summed E-state index contributed by atoms with van der Waals surface area (Å²) >= 11 is 0. The van der Waals surface area contributed by atoms with Crippen molar-refractivity contribution < 1.29 is 23.9 Å². The molecule has 30 heavy (non-hydrogen) atoms. The predicted molar refractivity (Wildman–Crippen MR) is 108 cm³/mol. The van der Waals surface area contributed by atoms with E-state index < -0.39 is 17.9 Å². The van der Waals surface area contributed by atoms with Gasteiger partial charge in [-0.1, -0.05) is 42.5 Å². The van der Waals surface area contributed by atoms with Crippen LogP contribution >= 0.6 is 0 Å². The number of ether oxygens (including phenoxy) is 1. The lowest BCUT2D eigenvalue weighted by Crippen LogP contribution is -2.43. The van der Waals surface area contributed by atoms with Gasteiger partial charge in [-0.2, -0.15) is 0 Å². The van der Waals surface area contributed by atoms with Crippen molar-refractivity contribution in [3.05, 3.63) is 48.0 Å². The number of nitrogens with zero attached hydrogens (tertiary/aromatic N) is 1. The SMILES string of the molecule is CC(C)OC(=O)CC(NC(=O)CN1C(=O)C2C3C=CC(C3)C2C1=O)c1ccccc1. The topological polar surface area (TPSA) is 92.8 Å². The second-order valence-electron chi connectivity index (χ2n) is 8.54. The highest BCUT2D eigenvalue weighted by atomic mass is 16.5. The minimum Gasteiger partial charge on any atom is -0.463 e. The monoisotopic (exact) mass is 410 g/mol. The molecule has 1 aromatic rings.